The summed E-state index contributed by atoms with van der Waals surface area (Å²) in [5.74, 6) is -1.70. The highest BCUT2D eigenvalue weighted by atomic mass is 16.7. The summed E-state index contributed by atoms with van der Waals surface area (Å²) in [6.07, 6.45) is 0.106. The zero-order valence-electron chi connectivity index (χ0n) is 9.58. The summed E-state index contributed by atoms with van der Waals surface area (Å²) in [6, 6.07) is 4.51. The Morgan fingerprint density at radius 3 is 2.56 bits per heavy atom. The summed E-state index contributed by atoms with van der Waals surface area (Å²) in [4.78, 5) is 42.7. The molecule has 7 heteroatoms. The second-order valence-corrected chi connectivity index (χ2v) is 3.53. The maximum absolute atomic E-state index is 11.7. The van der Waals surface area contributed by atoms with Gasteiger partial charge in [-0.25, -0.2) is 9.78 Å². The molecule has 1 fully saturated rings. The van der Waals surface area contributed by atoms with Gasteiger partial charge in [0.05, 0.1) is 7.11 Å². The summed E-state index contributed by atoms with van der Waals surface area (Å²) in [7, 11) is 1.41. The average Bonchev–Trinajstić information content (AvgIpc) is 2.70. The second-order valence-electron chi connectivity index (χ2n) is 3.53. The number of hydrogen-bond acceptors (Lipinski definition) is 6. The Bertz CT molecular complexity index is 498. The number of aromatic nitrogens is 1. The number of amides is 2. The minimum absolute atomic E-state index is 0.0400. The van der Waals surface area contributed by atoms with E-state index < -0.39 is 17.8 Å². The number of rotatable bonds is 3. The lowest BCUT2D eigenvalue weighted by atomic mass is 10.3. The summed E-state index contributed by atoms with van der Waals surface area (Å²) < 4.78 is 4.85. The Kier molecular flexibility index (Phi) is 3.22. The lowest BCUT2D eigenvalue weighted by molar-refractivity contribution is -0.172. The molecular weight excluding hydrogens is 240 g/mol. The summed E-state index contributed by atoms with van der Waals surface area (Å²) >= 11 is 0. The van der Waals surface area contributed by atoms with Gasteiger partial charge in [-0.05, 0) is 6.07 Å². The molecule has 1 aliphatic heterocycles. The molecule has 1 aromatic rings. The smallest absolute Gasteiger partial charge is 0.382 e. The van der Waals surface area contributed by atoms with Crippen LogP contribution in [-0.4, -0.2) is 34.9 Å². The highest BCUT2D eigenvalue weighted by Crippen LogP contribution is 2.14. The van der Waals surface area contributed by atoms with Crippen molar-refractivity contribution in [3.05, 3.63) is 23.9 Å². The summed E-state index contributed by atoms with van der Waals surface area (Å²) in [5, 5.41) is 0.476. The van der Waals surface area contributed by atoms with Gasteiger partial charge in [-0.2, -0.15) is 0 Å². The molecule has 94 valence electrons. The van der Waals surface area contributed by atoms with Gasteiger partial charge in [-0.15, -0.1) is 5.06 Å². The average molecular weight is 250 g/mol. The minimum atomic E-state index is -0.877. The van der Waals surface area contributed by atoms with Crippen LogP contribution in [0, 0.1) is 0 Å². The van der Waals surface area contributed by atoms with Crippen molar-refractivity contribution in [3.8, 4) is 5.88 Å². The van der Waals surface area contributed by atoms with E-state index in [1.807, 2.05) is 0 Å². The molecule has 0 aliphatic carbocycles. The number of hydroxylamine groups is 2. The van der Waals surface area contributed by atoms with Crippen molar-refractivity contribution >= 4 is 17.8 Å². The topological polar surface area (TPSA) is 85.8 Å². The number of carbonyl (C=O) groups is 3. The zero-order chi connectivity index (χ0) is 13.1. The molecule has 1 saturated heterocycles. The number of hydrogen-bond donors (Lipinski definition) is 0. The Morgan fingerprint density at radius 1 is 1.28 bits per heavy atom. The molecule has 2 amide bonds. The van der Waals surface area contributed by atoms with E-state index in [9.17, 15) is 14.4 Å². The SMILES string of the molecule is COc1cccc(C(=O)ON2C(=O)CCC2=O)n1. The van der Waals surface area contributed by atoms with Crippen LogP contribution in [0.25, 0.3) is 0 Å². The van der Waals surface area contributed by atoms with Crippen molar-refractivity contribution in [1.29, 1.82) is 0 Å². The maximum Gasteiger partial charge on any atom is 0.382 e. The highest BCUT2D eigenvalue weighted by molar-refractivity contribution is 6.02. The zero-order valence-corrected chi connectivity index (χ0v) is 9.58. The van der Waals surface area contributed by atoms with Crippen LogP contribution in [0.3, 0.4) is 0 Å². The van der Waals surface area contributed by atoms with Crippen molar-refractivity contribution in [2.45, 2.75) is 12.8 Å². The van der Waals surface area contributed by atoms with Gasteiger partial charge in [-0.1, -0.05) is 6.07 Å². The van der Waals surface area contributed by atoms with E-state index in [4.69, 9.17) is 9.57 Å². The van der Waals surface area contributed by atoms with E-state index in [0.717, 1.165) is 0 Å². The Morgan fingerprint density at radius 2 is 1.94 bits per heavy atom. The van der Waals surface area contributed by atoms with Gasteiger partial charge in [0.1, 0.15) is 0 Å². The molecule has 0 aromatic carbocycles. The van der Waals surface area contributed by atoms with Crippen molar-refractivity contribution < 1.29 is 24.0 Å². The van der Waals surface area contributed by atoms with E-state index in [0.29, 0.717) is 5.06 Å². The molecule has 0 N–H and O–H groups in total. The molecule has 1 aromatic heterocycles. The predicted molar refractivity (Wildman–Crippen MR) is 57.3 cm³/mol. The first kappa shape index (κ1) is 12.0. The summed E-state index contributed by atoms with van der Waals surface area (Å²) in [6.45, 7) is 0. The van der Waals surface area contributed by atoms with Crippen molar-refractivity contribution in [3.63, 3.8) is 0 Å². The van der Waals surface area contributed by atoms with Gasteiger partial charge in [0.25, 0.3) is 11.8 Å². The van der Waals surface area contributed by atoms with Gasteiger partial charge < -0.3 is 9.57 Å². The molecule has 2 heterocycles. The fourth-order valence-corrected chi connectivity index (χ4v) is 1.43. The number of ether oxygens (including phenoxy) is 1. The molecule has 2 rings (SSSR count). The third kappa shape index (κ3) is 2.29. The first-order valence-corrected chi connectivity index (χ1v) is 5.21. The third-order valence-electron chi connectivity index (χ3n) is 2.32. The van der Waals surface area contributed by atoms with Crippen LogP contribution in [0.2, 0.25) is 0 Å². The first-order valence-electron chi connectivity index (χ1n) is 5.21. The Hall–Kier alpha value is -2.44. The maximum atomic E-state index is 11.7. The monoisotopic (exact) mass is 250 g/mol. The summed E-state index contributed by atoms with van der Waals surface area (Å²) in [5.41, 5.74) is -0.0400. The number of methoxy groups -OCH3 is 1. The molecule has 0 radical (unpaired) electrons. The molecular formula is C11H10N2O5. The van der Waals surface area contributed by atoms with Crippen molar-refractivity contribution in [1.82, 2.24) is 10.0 Å². The van der Waals surface area contributed by atoms with E-state index in [1.54, 1.807) is 12.1 Å². The van der Waals surface area contributed by atoms with Crippen LogP contribution in [-0.2, 0) is 14.4 Å². The van der Waals surface area contributed by atoms with Crippen molar-refractivity contribution in [2.24, 2.45) is 0 Å². The first-order chi connectivity index (χ1) is 8.61. The van der Waals surface area contributed by atoms with Crippen LogP contribution in [0.5, 0.6) is 5.88 Å². The lowest BCUT2D eigenvalue weighted by Gasteiger charge is -2.12. The number of carbonyl (C=O) groups excluding carboxylic acids is 3. The van der Waals surface area contributed by atoms with Gasteiger partial charge in [0.15, 0.2) is 5.69 Å². The molecule has 1 aliphatic rings. The molecule has 0 saturated carbocycles. The van der Waals surface area contributed by atoms with E-state index >= 15 is 0 Å². The molecule has 0 spiro atoms. The van der Waals surface area contributed by atoms with Gasteiger partial charge >= 0.3 is 5.97 Å². The third-order valence-corrected chi connectivity index (χ3v) is 2.32. The van der Waals surface area contributed by atoms with E-state index in [2.05, 4.69) is 4.98 Å². The molecule has 0 atom stereocenters. The Labute approximate surface area is 102 Å². The largest absolute Gasteiger partial charge is 0.481 e. The fraction of sp³-hybridized carbons (Fsp3) is 0.273. The molecule has 18 heavy (non-hydrogen) atoms. The fourth-order valence-electron chi connectivity index (χ4n) is 1.43. The van der Waals surface area contributed by atoms with E-state index in [-0.39, 0.29) is 24.4 Å². The predicted octanol–water partition coefficient (Wildman–Crippen LogP) is 0.311. The highest BCUT2D eigenvalue weighted by Gasteiger charge is 2.33. The van der Waals surface area contributed by atoms with Crippen LogP contribution < -0.4 is 4.74 Å². The number of nitrogens with zero attached hydrogens (tertiary/aromatic N) is 2. The quantitative estimate of drug-likeness (QED) is 0.718. The van der Waals surface area contributed by atoms with Crippen LogP contribution in [0.15, 0.2) is 18.2 Å². The molecule has 7 nitrogen and oxygen atoms in total. The lowest BCUT2D eigenvalue weighted by Crippen LogP contribution is -2.32. The van der Waals surface area contributed by atoms with Crippen LogP contribution >= 0.6 is 0 Å². The Balaban J connectivity index is 2.12. The molecule has 0 unspecified atom stereocenters. The number of imide groups is 1. The standard InChI is InChI=1S/C11H10N2O5/c1-17-8-4-2-3-7(12-8)11(16)18-13-9(14)5-6-10(13)15/h2-4H,5-6H2,1H3. The normalized spacial score (nSPS) is 14.8. The van der Waals surface area contributed by atoms with Crippen LogP contribution in [0.4, 0.5) is 0 Å². The molecule has 0 bridgehead atoms. The van der Waals surface area contributed by atoms with Crippen molar-refractivity contribution in [2.75, 3.05) is 7.11 Å². The van der Waals surface area contributed by atoms with E-state index in [1.165, 1.54) is 13.2 Å². The number of pyridine rings is 1. The van der Waals surface area contributed by atoms with Gasteiger partial charge in [-0.3, -0.25) is 9.59 Å². The van der Waals surface area contributed by atoms with Gasteiger partial charge in [0.2, 0.25) is 5.88 Å². The van der Waals surface area contributed by atoms with Gasteiger partial charge in [0, 0.05) is 18.9 Å². The minimum Gasteiger partial charge on any atom is -0.481 e. The van der Waals surface area contributed by atoms with Crippen LogP contribution in [0.1, 0.15) is 23.3 Å². The second kappa shape index (κ2) is 4.82.